The summed E-state index contributed by atoms with van der Waals surface area (Å²) in [5.74, 6) is -0.259. The van der Waals surface area contributed by atoms with Gasteiger partial charge in [-0.15, -0.1) is 0 Å². The number of likely N-dealkylation sites (tertiary alicyclic amines) is 2. The number of nitrogens with one attached hydrogen (secondary N) is 2. The van der Waals surface area contributed by atoms with E-state index >= 15 is 0 Å². The molecule has 7 nitrogen and oxygen atoms in total. The van der Waals surface area contributed by atoms with Gasteiger partial charge in [-0.05, 0) is 25.7 Å². The molecule has 0 aromatic carbocycles. The van der Waals surface area contributed by atoms with Crippen LogP contribution in [0.1, 0.15) is 25.7 Å². The van der Waals surface area contributed by atoms with E-state index in [4.69, 9.17) is 0 Å². The molecule has 3 fully saturated rings. The number of carbonyl (C=O) groups excluding carboxylic acids is 3. The Morgan fingerprint density at radius 1 is 1.00 bits per heavy atom. The number of piperidine rings is 1. The van der Waals surface area contributed by atoms with Crippen LogP contribution in [-0.2, 0) is 4.79 Å². The lowest BCUT2D eigenvalue weighted by Crippen LogP contribution is -2.57. The van der Waals surface area contributed by atoms with E-state index in [0.29, 0.717) is 25.9 Å². The van der Waals surface area contributed by atoms with Gasteiger partial charge in [0, 0.05) is 26.2 Å². The molecule has 0 aliphatic carbocycles. The minimum atomic E-state index is -0.793. The monoisotopic (exact) mass is 266 g/mol. The number of imide groups is 1. The molecule has 0 bridgehead atoms. The molecule has 104 valence electrons. The number of rotatable bonds is 0. The zero-order valence-corrected chi connectivity index (χ0v) is 10.8. The Kier molecular flexibility index (Phi) is 2.83. The molecule has 3 rings (SSSR count). The Morgan fingerprint density at radius 3 is 2.11 bits per heavy atom. The second kappa shape index (κ2) is 4.40. The first-order chi connectivity index (χ1) is 9.11. The molecule has 1 spiro atoms. The molecule has 3 aliphatic heterocycles. The minimum absolute atomic E-state index is 0.0667. The summed E-state index contributed by atoms with van der Waals surface area (Å²) in [5.41, 5.74) is -0.793. The number of carbonyl (C=O) groups is 3. The van der Waals surface area contributed by atoms with Gasteiger partial charge in [-0.1, -0.05) is 0 Å². The smallest absolute Gasteiger partial charge is 0.322 e. The van der Waals surface area contributed by atoms with E-state index in [2.05, 4.69) is 10.6 Å². The van der Waals surface area contributed by atoms with Crippen molar-refractivity contribution in [2.45, 2.75) is 31.2 Å². The lowest BCUT2D eigenvalue weighted by Gasteiger charge is -2.38. The zero-order chi connectivity index (χ0) is 13.5. The van der Waals surface area contributed by atoms with Gasteiger partial charge in [0.2, 0.25) is 0 Å². The third-order valence-electron chi connectivity index (χ3n) is 4.28. The zero-order valence-electron chi connectivity index (χ0n) is 10.8. The summed E-state index contributed by atoms with van der Waals surface area (Å²) in [6, 6.07) is -0.360. The fourth-order valence-corrected chi connectivity index (χ4v) is 3.07. The molecular formula is C12H18N4O3. The highest BCUT2D eigenvalue weighted by Crippen LogP contribution is 2.26. The summed E-state index contributed by atoms with van der Waals surface area (Å²) in [4.78, 5) is 38.9. The van der Waals surface area contributed by atoms with Gasteiger partial charge in [-0.25, -0.2) is 9.59 Å². The quantitative estimate of drug-likeness (QED) is 0.600. The topological polar surface area (TPSA) is 81.8 Å². The van der Waals surface area contributed by atoms with Gasteiger partial charge >= 0.3 is 12.1 Å². The van der Waals surface area contributed by atoms with Gasteiger partial charge in [-0.2, -0.15) is 0 Å². The van der Waals surface area contributed by atoms with Crippen molar-refractivity contribution in [1.29, 1.82) is 0 Å². The van der Waals surface area contributed by atoms with Gasteiger partial charge in [0.25, 0.3) is 5.91 Å². The highest BCUT2D eigenvalue weighted by Gasteiger charge is 2.48. The average molecular weight is 266 g/mol. The second-order valence-electron chi connectivity index (χ2n) is 5.45. The SMILES string of the molecule is O=C1NC(=O)C2(CCN(C(=O)N3CCCC3)CC2)N1. The maximum atomic E-state index is 12.2. The van der Waals surface area contributed by atoms with Crippen molar-refractivity contribution in [2.24, 2.45) is 0 Å². The first kappa shape index (κ1) is 12.3. The van der Waals surface area contributed by atoms with E-state index in [1.54, 1.807) is 4.90 Å². The maximum Gasteiger partial charge on any atom is 0.322 e. The third-order valence-corrected chi connectivity index (χ3v) is 4.28. The van der Waals surface area contributed by atoms with E-state index in [1.165, 1.54) is 0 Å². The summed E-state index contributed by atoms with van der Waals surface area (Å²) in [6.45, 7) is 2.70. The molecule has 0 radical (unpaired) electrons. The highest BCUT2D eigenvalue weighted by atomic mass is 16.2. The van der Waals surface area contributed by atoms with Gasteiger partial charge in [0.05, 0.1) is 0 Å². The van der Waals surface area contributed by atoms with Gasteiger partial charge in [0.1, 0.15) is 5.54 Å². The molecule has 2 N–H and O–H groups in total. The molecular weight excluding hydrogens is 248 g/mol. The van der Waals surface area contributed by atoms with Crippen molar-refractivity contribution in [1.82, 2.24) is 20.4 Å². The van der Waals surface area contributed by atoms with E-state index in [9.17, 15) is 14.4 Å². The van der Waals surface area contributed by atoms with E-state index in [0.717, 1.165) is 25.9 Å². The standard InChI is InChI=1S/C12H18N4O3/c17-9-12(14-10(18)13-9)3-7-16(8-4-12)11(19)15-5-1-2-6-15/h1-8H2,(H2,13,14,17,18). The predicted octanol–water partition coefficient (Wildman–Crippen LogP) is -0.124. The largest absolute Gasteiger partial charge is 0.325 e. The number of hydrogen-bond acceptors (Lipinski definition) is 3. The van der Waals surface area contributed by atoms with Crippen LogP contribution in [-0.4, -0.2) is 59.5 Å². The van der Waals surface area contributed by atoms with Gasteiger partial charge in [-0.3, -0.25) is 10.1 Å². The number of nitrogens with zero attached hydrogens (tertiary/aromatic N) is 2. The highest BCUT2D eigenvalue weighted by molar-refractivity contribution is 6.07. The lowest BCUT2D eigenvalue weighted by molar-refractivity contribution is -0.125. The van der Waals surface area contributed by atoms with Crippen LogP contribution in [0.3, 0.4) is 0 Å². The average Bonchev–Trinajstić information content (AvgIpc) is 2.99. The van der Waals surface area contributed by atoms with Crippen molar-refractivity contribution in [3.05, 3.63) is 0 Å². The van der Waals surface area contributed by atoms with Crippen molar-refractivity contribution < 1.29 is 14.4 Å². The van der Waals surface area contributed by atoms with Crippen molar-refractivity contribution >= 4 is 18.0 Å². The summed E-state index contributed by atoms with van der Waals surface area (Å²) in [6.07, 6.45) is 3.12. The van der Waals surface area contributed by atoms with E-state index in [-0.39, 0.29) is 11.9 Å². The molecule has 3 aliphatic rings. The van der Waals surface area contributed by atoms with Crippen molar-refractivity contribution in [3.63, 3.8) is 0 Å². The van der Waals surface area contributed by atoms with Crippen molar-refractivity contribution in [2.75, 3.05) is 26.2 Å². The van der Waals surface area contributed by atoms with Crippen LogP contribution in [0.25, 0.3) is 0 Å². The first-order valence-corrected chi connectivity index (χ1v) is 6.78. The Balaban J connectivity index is 1.61. The predicted molar refractivity (Wildman–Crippen MR) is 66.4 cm³/mol. The summed E-state index contributed by atoms with van der Waals surface area (Å²) < 4.78 is 0. The first-order valence-electron chi connectivity index (χ1n) is 6.78. The van der Waals surface area contributed by atoms with Crippen LogP contribution in [0.4, 0.5) is 9.59 Å². The number of hydrogen-bond donors (Lipinski definition) is 2. The molecule has 0 unspecified atom stereocenters. The fourth-order valence-electron chi connectivity index (χ4n) is 3.07. The van der Waals surface area contributed by atoms with Crippen LogP contribution >= 0.6 is 0 Å². The van der Waals surface area contributed by atoms with Crippen LogP contribution in [0.15, 0.2) is 0 Å². The molecule has 0 atom stereocenters. The van der Waals surface area contributed by atoms with E-state index < -0.39 is 11.6 Å². The number of urea groups is 2. The van der Waals surface area contributed by atoms with Crippen LogP contribution < -0.4 is 10.6 Å². The molecule has 0 aromatic rings. The van der Waals surface area contributed by atoms with Crippen molar-refractivity contribution in [3.8, 4) is 0 Å². The van der Waals surface area contributed by atoms with Crippen LogP contribution in [0.5, 0.6) is 0 Å². The molecule has 0 saturated carbocycles. The number of amides is 5. The maximum absolute atomic E-state index is 12.2. The molecule has 0 aromatic heterocycles. The minimum Gasteiger partial charge on any atom is -0.325 e. The van der Waals surface area contributed by atoms with Crippen LogP contribution in [0.2, 0.25) is 0 Å². The second-order valence-corrected chi connectivity index (χ2v) is 5.45. The fraction of sp³-hybridized carbons (Fsp3) is 0.750. The normalized spacial score (nSPS) is 25.7. The Morgan fingerprint density at radius 2 is 1.58 bits per heavy atom. The lowest BCUT2D eigenvalue weighted by atomic mass is 9.88. The molecule has 7 heteroatoms. The van der Waals surface area contributed by atoms with Gasteiger partial charge < -0.3 is 15.1 Å². The Hall–Kier alpha value is -1.79. The van der Waals surface area contributed by atoms with Gasteiger partial charge in [0.15, 0.2) is 0 Å². The van der Waals surface area contributed by atoms with E-state index in [1.807, 2.05) is 4.90 Å². The molecule has 19 heavy (non-hydrogen) atoms. The molecule has 3 saturated heterocycles. The van der Waals surface area contributed by atoms with Crippen LogP contribution in [0, 0.1) is 0 Å². The summed E-state index contributed by atoms with van der Waals surface area (Å²) in [7, 11) is 0. The summed E-state index contributed by atoms with van der Waals surface area (Å²) in [5, 5.41) is 4.97. The Bertz CT molecular complexity index is 423. The third kappa shape index (κ3) is 2.02. The summed E-state index contributed by atoms with van der Waals surface area (Å²) >= 11 is 0. The Labute approximate surface area is 111 Å². The molecule has 3 heterocycles. The molecule has 5 amide bonds.